The maximum Gasteiger partial charge on any atom is 0.267 e. The van der Waals surface area contributed by atoms with Crippen LogP contribution in [0.3, 0.4) is 0 Å². The molecule has 3 aromatic rings. The summed E-state index contributed by atoms with van der Waals surface area (Å²) in [6, 6.07) is 11.3. The van der Waals surface area contributed by atoms with Gasteiger partial charge in [-0.05, 0) is 29.6 Å². The first-order valence-electron chi connectivity index (χ1n) is 8.91. The fourth-order valence-corrected chi connectivity index (χ4v) is 4.73. The molecule has 0 bridgehead atoms. The molecule has 144 valence electrons. The standard InChI is InChI=1S/C20H20N4O2S2/c1-23(2)14-6-3-5-13(11-14)19(26)24-9-8-15-17(12-24)28-20(21-15)22-18(25)16-7-4-10-27-16/h3-7,10-11H,8-9,12H2,1-2H3,(H,21,22,25). The Morgan fingerprint density at radius 1 is 1.21 bits per heavy atom. The second kappa shape index (κ2) is 7.73. The molecule has 0 saturated heterocycles. The monoisotopic (exact) mass is 412 g/mol. The van der Waals surface area contributed by atoms with Crippen molar-refractivity contribution in [2.45, 2.75) is 13.0 Å². The molecule has 0 aliphatic carbocycles. The Kier molecular flexibility index (Phi) is 5.15. The third-order valence-electron chi connectivity index (χ3n) is 4.59. The van der Waals surface area contributed by atoms with Gasteiger partial charge in [-0.3, -0.25) is 14.9 Å². The van der Waals surface area contributed by atoms with Crippen molar-refractivity contribution in [1.82, 2.24) is 9.88 Å². The molecule has 3 heterocycles. The SMILES string of the molecule is CN(C)c1cccc(C(=O)N2CCc3nc(NC(=O)c4cccs4)sc3C2)c1. The summed E-state index contributed by atoms with van der Waals surface area (Å²) in [5, 5.41) is 5.33. The van der Waals surface area contributed by atoms with Gasteiger partial charge in [0, 0.05) is 43.2 Å². The van der Waals surface area contributed by atoms with Crippen LogP contribution in [0.5, 0.6) is 0 Å². The van der Waals surface area contributed by atoms with Gasteiger partial charge in [0.05, 0.1) is 17.1 Å². The fourth-order valence-electron chi connectivity index (χ4n) is 3.09. The predicted octanol–water partition coefficient (Wildman–Crippen LogP) is 3.72. The molecule has 6 nitrogen and oxygen atoms in total. The number of rotatable bonds is 4. The number of thiazole rings is 1. The lowest BCUT2D eigenvalue weighted by Crippen LogP contribution is -2.35. The van der Waals surface area contributed by atoms with Crippen molar-refractivity contribution in [3.63, 3.8) is 0 Å². The molecule has 1 N–H and O–H groups in total. The van der Waals surface area contributed by atoms with Gasteiger partial charge in [0.15, 0.2) is 5.13 Å². The summed E-state index contributed by atoms with van der Waals surface area (Å²) < 4.78 is 0. The molecule has 0 unspecified atom stereocenters. The molecular formula is C20H20N4O2S2. The maximum atomic E-state index is 12.9. The Morgan fingerprint density at radius 3 is 2.82 bits per heavy atom. The van der Waals surface area contributed by atoms with E-state index in [1.807, 2.05) is 59.6 Å². The minimum Gasteiger partial charge on any atom is -0.378 e. The van der Waals surface area contributed by atoms with E-state index in [1.54, 1.807) is 6.07 Å². The van der Waals surface area contributed by atoms with Crippen molar-refractivity contribution in [3.8, 4) is 0 Å². The Hall–Kier alpha value is -2.71. The highest BCUT2D eigenvalue weighted by atomic mass is 32.1. The van der Waals surface area contributed by atoms with Crippen LogP contribution >= 0.6 is 22.7 Å². The molecule has 2 aromatic heterocycles. The fraction of sp³-hybridized carbons (Fsp3) is 0.250. The van der Waals surface area contributed by atoms with Crippen LogP contribution < -0.4 is 10.2 Å². The number of hydrogen-bond donors (Lipinski definition) is 1. The lowest BCUT2D eigenvalue weighted by Gasteiger charge is -2.26. The number of carbonyl (C=O) groups excluding carboxylic acids is 2. The van der Waals surface area contributed by atoms with Gasteiger partial charge in [-0.25, -0.2) is 4.98 Å². The highest BCUT2D eigenvalue weighted by Gasteiger charge is 2.25. The molecule has 2 amide bonds. The zero-order chi connectivity index (χ0) is 19.7. The summed E-state index contributed by atoms with van der Waals surface area (Å²) in [4.78, 5) is 35.2. The topological polar surface area (TPSA) is 65.5 Å². The number of benzene rings is 1. The van der Waals surface area contributed by atoms with Crippen LogP contribution in [-0.4, -0.2) is 42.3 Å². The molecule has 1 aromatic carbocycles. The molecule has 0 saturated carbocycles. The molecule has 0 spiro atoms. The summed E-state index contributed by atoms with van der Waals surface area (Å²) in [6.45, 7) is 1.15. The molecular weight excluding hydrogens is 392 g/mol. The quantitative estimate of drug-likeness (QED) is 0.709. The number of hydrogen-bond acceptors (Lipinski definition) is 6. The second-order valence-corrected chi connectivity index (χ2v) is 8.77. The van der Waals surface area contributed by atoms with Gasteiger partial charge in [-0.15, -0.1) is 11.3 Å². The van der Waals surface area contributed by atoms with Gasteiger partial charge >= 0.3 is 0 Å². The van der Waals surface area contributed by atoms with Crippen LogP contribution in [0.15, 0.2) is 41.8 Å². The first-order chi connectivity index (χ1) is 13.5. The predicted molar refractivity (Wildman–Crippen MR) is 114 cm³/mol. The van der Waals surface area contributed by atoms with Crippen molar-refractivity contribution in [3.05, 3.63) is 62.8 Å². The maximum absolute atomic E-state index is 12.9. The van der Waals surface area contributed by atoms with E-state index >= 15 is 0 Å². The van der Waals surface area contributed by atoms with Crippen LogP contribution in [0.4, 0.5) is 10.8 Å². The van der Waals surface area contributed by atoms with Crippen molar-refractivity contribution in [1.29, 1.82) is 0 Å². The molecule has 0 fully saturated rings. The summed E-state index contributed by atoms with van der Waals surface area (Å²) in [5.74, 6) is -0.124. The Morgan fingerprint density at radius 2 is 2.07 bits per heavy atom. The third-order valence-corrected chi connectivity index (χ3v) is 6.46. The van der Waals surface area contributed by atoms with Crippen LogP contribution in [0.2, 0.25) is 0 Å². The molecule has 1 aliphatic rings. The number of nitrogens with zero attached hydrogens (tertiary/aromatic N) is 3. The minimum atomic E-state index is -0.144. The number of amides is 2. The van der Waals surface area contributed by atoms with Crippen molar-refractivity contribution < 1.29 is 9.59 Å². The Labute approximate surface area is 171 Å². The van der Waals surface area contributed by atoms with E-state index < -0.39 is 0 Å². The van der Waals surface area contributed by atoms with E-state index in [9.17, 15) is 9.59 Å². The molecule has 8 heteroatoms. The largest absolute Gasteiger partial charge is 0.378 e. The van der Waals surface area contributed by atoms with E-state index in [4.69, 9.17) is 0 Å². The average molecular weight is 413 g/mol. The number of nitrogens with one attached hydrogen (secondary N) is 1. The van der Waals surface area contributed by atoms with Gasteiger partial charge in [0.1, 0.15) is 0 Å². The number of carbonyl (C=O) groups is 2. The number of thiophene rings is 1. The number of aromatic nitrogens is 1. The van der Waals surface area contributed by atoms with Gasteiger partial charge < -0.3 is 9.80 Å². The minimum absolute atomic E-state index is 0.0203. The van der Waals surface area contributed by atoms with Crippen LogP contribution in [0.1, 0.15) is 30.6 Å². The van der Waals surface area contributed by atoms with Gasteiger partial charge in [0.25, 0.3) is 11.8 Å². The summed E-state index contributed by atoms with van der Waals surface area (Å²) in [7, 11) is 3.92. The summed E-state index contributed by atoms with van der Waals surface area (Å²) in [6.07, 6.45) is 0.694. The highest BCUT2D eigenvalue weighted by Crippen LogP contribution is 2.30. The van der Waals surface area contributed by atoms with E-state index in [-0.39, 0.29) is 11.8 Å². The molecule has 28 heavy (non-hydrogen) atoms. The van der Waals surface area contributed by atoms with Gasteiger partial charge in [0.2, 0.25) is 0 Å². The average Bonchev–Trinajstić information content (AvgIpc) is 3.36. The Bertz CT molecular complexity index is 1010. The van der Waals surface area contributed by atoms with Gasteiger partial charge in [-0.2, -0.15) is 0 Å². The normalized spacial score (nSPS) is 13.1. The molecule has 0 radical (unpaired) electrons. The lowest BCUT2D eigenvalue weighted by atomic mass is 10.1. The molecule has 4 rings (SSSR count). The summed E-state index contributed by atoms with van der Waals surface area (Å²) in [5.41, 5.74) is 2.66. The smallest absolute Gasteiger partial charge is 0.267 e. The number of anilines is 2. The summed E-state index contributed by atoms with van der Waals surface area (Å²) >= 11 is 2.84. The zero-order valence-corrected chi connectivity index (χ0v) is 17.3. The van der Waals surface area contributed by atoms with E-state index in [2.05, 4.69) is 10.3 Å². The van der Waals surface area contributed by atoms with Gasteiger partial charge in [-0.1, -0.05) is 23.5 Å². The van der Waals surface area contributed by atoms with E-state index in [0.29, 0.717) is 35.1 Å². The number of fused-ring (bicyclic) bond motifs is 1. The van der Waals surface area contributed by atoms with Crippen molar-refractivity contribution in [2.24, 2.45) is 0 Å². The molecule has 0 atom stereocenters. The van der Waals surface area contributed by atoms with E-state index in [1.165, 1.54) is 22.7 Å². The zero-order valence-electron chi connectivity index (χ0n) is 15.6. The van der Waals surface area contributed by atoms with Crippen molar-refractivity contribution in [2.75, 3.05) is 30.9 Å². The van der Waals surface area contributed by atoms with Crippen molar-refractivity contribution >= 4 is 45.3 Å². The van der Waals surface area contributed by atoms with Crippen LogP contribution in [-0.2, 0) is 13.0 Å². The second-order valence-electron chi connectivity index (χ2n) is 6.74. The van der Waals surface area contributed by atoms with Crippen LogP contribution in [0.25, 0.3) is 0 Å². The Balaban J connectivity index is 1.47. The third kappa shape index (κ3) is 3.79. The first kappa shape index (κ1) is 18.6. The lowest BCUT2D eigenvalue weighted by molar-refractivity contribution is 0.0736. The van der Waals surface area contributed by atoms with E-state index in [0.717, 1.165) is 16.3 Å². The van der Waals surface area contributed by atoms with Crippen LogP contribution in [0, 0.1) is 0 Å². The highest BCUT2D eigenvalue weighted by molar-refractivity contribution is 7.16. The molecule has 1 aliphatic heterocycles. The first-order valence-corrected chi connectivity index (χ1v) is 10.6.